The van der Waals surface area contributed by atoms with Gasteiger partial charge in [-0.2, -0.15) is 0 Å². The van der Waals surface area contributed by atoms with Crippen molar-refractivity contribution in [2.45, 2.75) is 6.42 Å². The summed E-state index contributed by atoms with van der Waals surface area (Å²) in [4.78, 5) is 11.4. The van der Waals surface area contributed by atoms with E-state index in [4.69, 9.17) is 4.74 Å². The molecule has 0 heterocycles. The number of methoxy groups -OCH3 is 1. The molecule has 2 nitrogen and oxygen atoms in total. The highest BCUT2D eigenvalue weighted by Crippen LogP contribution is 2.22. The van der Waals surface area contributed by atoms with Crippen LogP contribution < -0.4 is 0 Å². The molecule has 4 heteroatoms. The highest BCUT2D eigenvalue weighted by molar-refractivity contribution is 9.10. The lowest BCUT2D eigenvalue weighted by molar-refractivity contribution is 0.0599. The predicted molar refractivity (Wildman–Crippen MR) is 63.0 cm³/mol. The summed E-state index contributed by atoms with van der Waals surface area (Å²) < 4.78 is 5.65. The number of halogens is 2. The largest absolute Gasteiger partial charge is 0.465 e. The molecule has 0 radical (unpaired) electrons. The number of hydrogen-bond acceptors (Lipinski definition) is 2. The van der Waals surface area contributed by atoms with E-state index in [-0.39, 0.29) is 5.97 Å². The summed E-state index contributed by atoms with van der Waals surface area (Å²) >= 11 is 6.77. The Kier molecular flexibility index (Phi) is 4.62. The van der Waals surface area contributed by atoms with Gasteiger partial charge in [0.05, 0.1) is 12.7 Å². The molecule has 0 bridgehead atoms. The quantitative estimate of drug-likeness (QED) is 0.631. The Morgan fingerprint density at radius 3 is 2.79 bits per heavy atom. The second kappa shape index (κ2) is 5.51. The minimum Gasteiger partial charge on any atom is -0.465 e. The van der Waals surface area contributed by atoms with Crippen LogP contribution in [0, 0.1) is 0 Å². The first-order valence-corrected chi connectivity index (χ1v) is 6.03. The Labute approximate surface area is 99.9 Å². The molecule has 0 saturated heterocycles. The zero-order valence-electron chi connectivity index (χ0n) is 7.72. The summed E-state index contributed by atoms with van der Waals surface area (Å²) in [6.07, 6.45) is 0.797. The number of carbonyl (C=O) groups is 1. The van der Waals surface area contributed by atoms with Gasteiger partial charge in [-0.1, -0.05) is 37.9 Å². The van der Waals surface area contributed by atoms with Crippen LogP contribution in [0.25, 0.3) is 0 Å². The maximum Gasteiger partial charge on any atom is 0.338 e. The van der Waals surface area contributed by atoms with Crippen molar-refractivity contribution >= 4 is 37.8 Å². The fourth-order valence-corrected chi connectivity index (χ4v) is 2.17. The van der Waals surface area contributed by atoms with Gasteiger partial charge < -0.3 is 4.74 Å². The number of ether oxygens (including phenoxy) is 1. The van der Waals surface area contributed by atoms with Gasteiger partial charge in [-0.15, -0.1) is 0 Å². The van der Waals surface area contributed by atoms with Crippen molar-refractivity contribution in [3.63, 3.8) is 0 Å². The second-order valence-electron chi connectivity index (χ2n) is 2.70. The molecular weight excluding hydrogens is 312 g/mol. The fraction of sp³-hybridized carbons (Fsp3) is 0.300. The zero-order chi connectivity index (χ0) is 10.6. The molecule has 0 fully saturated rings. The van der Waals surface area contributed by atoms with Crippen LogP contribution in [0.2, 0.25) is 0 Å². The predicted octanol–water partition coefficient (Wildman–Crippen LogP) is 3.17. The van der Waals surface area contributed by atoms with Gasteiger partial charge in [-0.25, -0.2) is 4.79 Å². The summed E-state index contributed by atoms with van der Waals surface area (Å²) in [5.74, 6) is -0.290. The molecule has 0 atom stereocenters. The van der Waals surface area contributed by atoms with E-state index in [2.05, 4.69) is 31.9 Å². The van der Waals surface area contributed by atoms with Crippen molar-refractivity contribution in [3.8, 4) is 0 Å². The number of carbonyl (C=O) groups excluding carboxylic acids is 1. The van der Waals surface area contributed by atoms with Gasteiger partial charge >= 0.3 is 5.97 Å². The van der Waals surface area contributed by atoms with E-state index in [1.165, 1.54) is 7.11 Å². The molecule has 0 spiro atoms. The van der Waals surface area contributed by atoms with Crippen LogP contribution in [-0.4, -0.2) is 18.4 Å². The van der Waals surface area contributed by atoms with E-state index in [0.29, 0.717) is 5.56 Å². The molecule has 0 aliphatic rings. The molecule has 0 saturated carbocycles. The lowest BCUT2D eigenvalue weighted by atomic mass is 10.1. The number of benzene rings is 1. The molecule has 0 N–H and O–H groups in total. The van der Waals surface area contributed by atoms with Crippen LogP contribution in [0.3, 0.4) is 0 Å². The smallest absolute Gasteiger partial charge is 0.338 e. The first kappa shape index (κ1) is 11.7. The molecule has 1 rings (SSSR count). The Balaban J connectivity index is 3.13. The molecule has 1 aromatic carbocycles. The lowest BCUT2D eigenvalue weighted by Gasteiger charge is -2.08. The summed E-state index contributed by atoms with van der Waals surface area (Å²) in [5.41, 5.74) is 1.61. The van der Waals surface area contributed by atoms with Crippen LogP contribution in [0.4, 0.5) is 0 Å². The molecule has 0 aliphatic carbocycles. The van der Waals surface area contributed by atoms with Gasteiger partial charge in [0, 0.05) is 9.80 Å². The van der Waals surface area contributed by atoms with Gasteiger partial charge in [0.25, 0.3) is 0 Å². The topological polar surface area (TPSA) is 26.3 Å². The molecular formula is C10H10Br2O2. The normalized spacial score (nSPS) is 9.93. The van der Waals surface area contributed by atoms with Gasteiger partial charge in [0.1, 0.15) is 0 Å². The lowest BCUT2D eigenvalue weighted by Crippen LogP contribution is -2.06. The maximum atomic E-state index is 11.4. The van der Waals surface area contributed by atoms with Crippen LogP contribution in [0.15, 0.2) is 22.7 Å². The van der Waals surface area contributed by atoms with Gasteiger partial charge in [-0.3, -0.25) is 0 Å². The third-order valence-electron chi connectivity index (χ3n) is 1.87. The fourth-order valence-electron chi connectivity index (χ4n) is 1.21. The molecule has 0 aromatic heterocycles. The Morgan fingerprint density at radius 2 is 2.21 bits per heavy atom. The minimum absolute atomic E-state index is 0.290. The third-order valence-corrected chi connectivity index (χ3v) is 3.01. The van der Waals surface area contributed by atoms with Crippen molar-refractivity contribution in [3.05, 3.63) is 33.8 Å². The van der Waals surface area contributed by atoms with Crippen LogP contribution in [0.1, 0.15) is 15.9 Å². The molecule has 76 valence electrons. The Morgan fingerprint density at radius 1 is 1.50 bits per heavy atom. The second-order valence-corrected chi connectivity index (χ2v) is 4.34. The van der Waals surface area contributed by atoms with E-state index in [0.717, 1.165) is 21.8 Å². The molecule has 0 amide bonds. The van der Waals surface area contributed by atoms with Crippen molar-refractivity contribution in [1.82, 2.24) is 0 Å². The number of hydrogen-bond donors (Lipinski definition) is 0. The summed E-state index contributed by atoms with van der Waals surface area (Å²) in [6, 6.07) is 5.52. The standard InChI is InChI=1S/C10H10Br2O2/c1-14-10(13)8-3-2-4-9(12)7(8)5-6-11/h2-4H,5-6H2,1H3. The molecule has 1 aromatic rings. The highest BCUT2D eigenvalue weighted by atomic mass is 79.9. The highest BCUT2D eigenvalue weighted by Gasteiger charge is 2.13. The van der Waals surface area contributed by atoms with Gasteiger partial charge in [0.2, 0.25) is 0 Å². The number of esters is 1. The Bertz CT molecular complexity index is 337. The van der Waals surface area contributed by atoms with E-state index in [1.54, 1.807) is 6.07 Å². The molecule has 0 unspecified atom stereocenters. The van der Waals surface area contributed by atoms with E-state index in [1.807, 2.05) is 12.1 Å². The van der Waals surface area contributed by atoms with E-state index < -0.39 is 0 Å². The summed E-state index contributed by atoms with van der Waals surface area (Å²) in [5, 5.41) is 0.819. The maximum absolute atomic E-state index is 11.4. The number of alkyl halides is 1. The monoisotopic (exact) mass is 320 g/mol. The van der Waals surface area contributed by atoms with Gasteiger partial charge in [-0.05, 0) is 24.1 Å². The summed E-state index contributed by atoms with van der Waals surface area (Å²) in [7, 11) is 1.39. The van der Waals surface area contributed by atoms with Crippen LogP contribution >= 0.6 is 31.9 Å². The van der Waals surface area contributed by atoms with Crippen molar-refractivity contribution in [2.24, 2.45) is 0 Å². The Hall–Kier alpha value is -0.350. The number of rotatable bonds is 3. The van der Waals surface area contributed by atoms with Crippen LogP contribution in [-0.2, 0) is 11.2 Å². The van der Waals surface area contributed by atoms with E-state index >= 15 is 0 Å². The third kappa shape index (κ3) is 2.58. The zero-order valence-corrected chi connectivity index (χ0v) is 10.9. The summed E-state index contributed by atoms with van der Waals surface area (Å²) in [6.45, 7) is 0. The van der Waals surface area contributed by atoms with Gasteiger partial charge in [0.15, 0.2) is 0 Å². The van der Waals surface area contributed by atoms with Crippen LogP contribution in [0.5, 0.6) is 0 Å². The van der Waals surface area contributed by atoms with Crippen molar-refractivity contribution in [2.75, 3.05) is 12.4 Å². The minimum atomic E-state index is -0.290. The average molecular weight is 322 g/mol. The van der Waals surface area contributed by atoms with E-state index in [9.17, 15) is 4.79 Å². The molecule has 0 aliphatic heterocycles. The first-order chi connectivity index (χ1) is 6.70. The SMILES string of the molecule is COC(=O)c1cccc(Br)c1CCBr. The van der Waals surface area contributed by atoms with Crippen molar-refractivity contribution in [1.29, 1.82) is 0 Å². The molecule has 14 heavy (non-hydrogen) atoms. The average Bonchev–Trinajstić information content (AvgIpc) is 2.20. The first-order valence-electron chi connectivity index (χ1n) is 4.12. The van der Waals surface area contributed by atoms with Crippen molar-refractivity contribution < 1.29 is 9.53 Å².